The molecule has 0 saturated carbocycles. The van der Waals surface area contributed by atoms with E-state index in [-0.39, 0.29) is 18.1 Å². The predicted molar refractivity (Wildman–Crippen MR) is 76.4 cm³/mol. The molecule has 1 aromatic heterocycles. The molecule has 0 spiro atoms. The van der Waals surface area contributed by atoms with Crippen LogP contribution >= 0.6 is 0 Å². The summed E-state index contributed by atoms with van der Waals surface area (Å²) < 4.78 is 5.64. The number of amides is 1. The molecular weight excluding hydrogens is 242 g/mol. The molecular formula is C14H23N3O2. The molecule has 19 heavy (non-hydrogen) atoms. The summed E-state index contributed by atoms with van der Waals surface area (Å²) in [6, 6.07) is 3.86. The van der Waals surface area contributed by atoms with Crippen LogP contribution in [-0.4, -0.2) is 29.6 Å². The van der Waals surface area contributed by atoms with E-state index in [0.717, 1.165) is 0 Å². The summed E-state index contributed by atoms with van der Waals surface area (Å²) >= 11 is 0. The van der Waals surface area contributed by atoms with Crippen molar-refractivity contribution in [3.8, 4) is 5.75 Å². The molecule has 2 N–H and O–H groups in total. The van der Waals surface area contributed by atoms with Crippen LogP contribution in [0.3, 0.4) is 0 Å². The third kappa shape index (κ3) is 6.08. The van der Waals surface area contributed by atoms with Gasteiger partial charge in [-0.25, -0.2) is 4.98 Å². The SMILES string of the molecule is CC(C)NC(=O)CCNc1ncccc1OC(C)C. The van der Waals surface area contributed by atoms with Crippen molar-refractivity contribution >= 4 is 11.7 Å². The molecule has 5 nitrogen and oxygen atoms in total. The molecule has 5 heteroatoms. The summed E-state index contributed by atoms with van der Waals surface area (Å²) in [4.78, 5) is 15.7. The second-order valence-corrected chi connectivity index (χ2v) is 4.92. The maximum absolute atomic E-state index is 11.5. The summed E-state index contributed by atoms with van der Waals surface area (Å²) in [6.45, 7) is 8.35. The van der Waals surface area contributed by atoms with Gasteiger partial charge in [-0.15, -0.1) is 0 Å². The summed E-state index contributed by atoms with van der Waals surface area (Å²) in [7, 11) is 0. The zero-order valence-electron chi connectivity index (χ0n) is 12.1. The van der Waals surface area contributed by atoms with Gasteiger partial charge in [0.2, 0.25) is 5.91 Å². The van der Waals surface area contributed by atoms with E-state index in [1.54, 1.807) is 6.20 Å². The summed E-state index contributed by atoms with van der Waals surface area (Å²) in [5, 5.41) is 5.97. The third-order valence-electron chi connectivity index (χ3n) is 2.23. The van der Waals surface area contributed by atoms with Gasteiger partial charge in [0.05, 0.1) is 6.10 Å². The Labute approximate surface area is 114 Å². The number of pyridine rings is 1. The quantitative estimate of drug-likeness (QED) is 0.793. The Morgan fingerprint density at radius 3 is 2.74 bits per heavy atom. The molecule has 0 radical (unpaired) electrons. The second kappa shape index (κ2) is 7.61. The van der Waals surface area contributed by atoms with Gasteiger partial charge in [-0.05, 0) is 39.8 Å². The number of ether oxygens (including phenoxy) is 1. The molecule has 1 amide bonds. The Morgan fingerprint density at radius 1 is 1.37 bits per heavy atom. The minimum Gasteiger partial charge on any atom is -0.487 e. The first kappa shape index (κ1) is 15.3. The average molecular weight is 265 g/mol. The van der Waals surface area contributed by atoms with Gasteiger partial charge in [0.1, 0.15) is 0 Å². The molecule has 0 aliphatic heterocycles. The fraction of sp³-hybridized carbons (Fsp3) is 0.571. The fourth-order valence-corrected chi connectivity index (χ4v) is 1.56. The zero-order chi connectivity index (χ0) is 14.3. The first-order valence-electron chi connectivity index (χ1n) is 6.64. The van der Waals surface area contributed by atoms with Gasteiger partial charge in [-0.3, -0.25) is 4.79 Å². The van der Waals surface area contributed by atoms with E-state index in [2.05, 4.69) is 15.6 Å². The van der Waals surface area contributed by atoms with Crippen LogP contribution in [0.1, 0.15) is 34.1 Å². The van der Waals surface area contributed by atoms with Gasteiger partial charge in [0, 0.05) is 25.2 Å². The maximum atomic E-state index is 11.5. The number of carbonyl (C=O) groups is 1. The number of nitrogens with zero attached hydrogens (tertiary/aromatic N) is 1. The summed E-state index contributed by atoms with van der Waals surface area (Å²) in [6.07, 6.45) is 2.20. The smallest absolute Gasteiger partial charge is 0.221 e. The van der Waals surface area contributed by atoms with Crippen molar-refractivity contribution in [2.24, 2.45) is 0 Å². The molecule has 0 bridgehead atoms. The van der Waals surface area contributed by atoms with Crippen LogP contribution in [0.25, 0.3) is 0 Å². The Balaban J connectivity index is 2.46. The lowest BCUT2D eigenvalue weighted by atomic mass is 10.3. The standard InChI is InChI=1S/C14H23N3O2/c1-10(2)17-13(18)7-9-16-14-12(19-11(3)4)6-5-8-15-14/h5-6,8,10-11H,7,9H2,1-4H3,(H,15,16)(H,17,18). The van der Waals surface area contributed by atoms with Crippen molar-refractivity contribution in [2.75, 3.05) is 11.9 Å². The van der Waals surface area contributed by atoms with Gasteiger partial charge < -0.3 is 15.4 Å². The van der Waals surface area contributed by atoms with E-state index < -0.39 is 0 Å². The third-order valence-corrected chi connectivity index (χ3v) is 2.23. The van der Waals surface area contributed by atoms with Gasteiger partial charge in [-0.1, -0.05) is 0 Å². The molecule has 0 fully saturated rings. The molecule has 0 aliphatic carbocycles. The first-order chi connectivity index (χ1) is 8.99. The number of anilines is 1. The van der Waals surface area contributed by atoms with E-state index in [1.807, 2.05) is 39.8 Å². The molecule has 106 valence electrons. The Kier molecular flexibility index (Phi) is 6.12. The minimum absolute atomic E-state index is 0.0322. The van der Waals surface area contributed by atoms with Crippen molar-refractivity contribution < 1.29 is 9.53 Å². The maximum Gasteiger partial charge on any atom is 0.221 e. The summed E-state index contributed by atoms with van der Waals surface area (Å²) in [5.74, 6) is 1.42. The lowest BCUT2D eigenvalue weighted by Gasteiger charge is -2.14. The largest absolute Gasteiger partial charge is 0.487 e. The van der Waals surface area contributed by atoms with Crippen molar-refractivity contribution in [1.29, 1.82) is 0 Å². The lowest BCUT2D eigenvalue weighted by molar-refractivity contribution is -0.121. The molecule has 0 aromatic carbocycles. The van der Waals surface area contributed by atoms with Gasteiger partial charge >= 0.3 is 0 Å². The van der Waals surface area contributed by atoms with Crippen LogP contribution in [0.15, 0.2) is 18.3 Å². The highest BCUT2D eigenvalue weighted by Gasteiger charge is 2.07. The van der Waals surface area contributed by atoms with E-state index >= 15 is 0 Å². The van der Waals surface area contributed by atoms with Gasteiger partial charge in [0.25, 0.3) is 0 Å². The normalized spacial score (nSPS) is 10.6. The number of hydrogen-bond acceptors (Lipinski definition) is 4. The fourth-order valence-electron chi connectivity index (χ4n) is 1.56. The van der Waals surface area contributed by atoms with Crippen molar-refractivity contribution in [3.05, 3.63) is 18.3 Å². The Hall–Kier alpha value is -1.78. The van der Waals surface area contributed by atoms with Crippen LogP contribution in [0.2, 0.25) is 0 Å². The predicted octanol–water partition coefficient (Wildman–Crippen LogP) is 2.20. The molecule has 1 aromatic rings. The van der Waals surface area contributed by atoms with Crippen molar-refractivity contribution in [3.63, 3.8) is 0 Å². The van der Waals surface area contributed by atoms with Crippen LogP contribution in [0, 0.1) is 0 Å². The second-order valence-electron chi connectivity index (χ2n) is 4.92. The van der Waals surface area contributed by atoms with E-state index in [4.69, 9.17) is 4.74 Å². The van der Waals surface area contributed by atoms with E-state index in [0.29, 0.717) is 24.5 Å². The van der Waals surface area contributed by atoms with Crippen molar-refractivity contribution in [1.82, 2.24) is 10.3 Å². The molecule has 1 rings (SSSR count). The molecule has 0 unspecified atom stereocenters. The molecule has 0 atom stereocenters. The van der Waals surface area contributed by atoms with Crippen LogP contribution in [0.4, 0.5) is 5.82 Å². The highest BCUT2D eigenvalue weighted by molar-refractivity contribution is 5.76. The minimum atomic E-state index is 0.0322. The number of hydrogen-bond donors (Lipinski definition) is 2. The van der Waals surface area contributed by atoms with Crippen LogP contribution in [-0.2, 0) is 4.79 Å². The van der Waals surface area contributed by atoms with E-state index in [9.17, 15) is 4.79 Å². The lowest BCUT2D eigenvalue weighted by Crippen LogP contribution is -2.31. The van der Waals surface area contributed by atoms with Gasteiger partial charge in [-0.2, -0.15) is 0 Å². The average Bonchev–Trinajstić information content (AvgIpc) is 2.29. The van der Waals surface area contributed by atoms with Crippen LogP contribution in [0.5, 0.6) is 5.75 Å². The first-order valence-corrected chi connectivity index (χ1v) is 6.64. The highest BCUT2D eigenvalue weighted by atomic mass is 16.5. The Bertz CT molecular complexity index is 405. The summed E-state index contributed by atoms with van der Waals surface area (Å²) in [5.41, 5.74) is 0. The number of nitrogens with one attached hydrogen (secondary N) is 2. The Morgan fingerprint density at radius 2 is 2.11 bits per heavy atom. The van der Waals surface area contributed by atoms with Gasteiger partial charge in [0.15, 0.2) is 11.6 Å². The molecule has 0 saturated heterocycles. The van der Waals surface area contributed by atoms with Crippen LogP contribution < -0.4 is 15.4 Å². The van der Waals surface area contributed by atoms with Crippen molar-refractivity contribution in [2.45, 2.75) is 46.3 Å². The number of carbonyl (C=O) groups excluding carboxylic acids is 1. The highest BCUT2D eigenvalue weighted by Crippen LogP contribution is 2.21. The number of rotatable bonds is 7. The topological polar surface area (TPSA) is 63.2 Å². The monoisotopic (exact) mass is 265 g/mol. The molecule has 0 aliphatic rings. The molecule has 1 heterocycles. The number of aromatic nitrogens is 1. The zero-order valence-corrected chi connectivity index (χ0v) is 12.1. The van der Waals surface area contributed by atoms with E-state index in [1.165, 1.54) is 0 Å².